The summed E-state index contributed by atoms with van der Waals surface area (Å²) in [6, 6.07) is 12.2. The molecule has 0 saturated carbocycles. The Labute approximate surface area is 120 Å². The molecule has 2 aromatic carbocycles. The smallest absolute Gasteiger partial charge is 0.264 e. The van der Waals surface area contributed by atoms with Crippen LogP contribution in [0.4, 0.5) is 8.78 Å². The molecule has 3 aromatic rings. The predicted octanol–water partition coefficient (Wildman–Crippen LogP) is 4.05. The molecule has 0 aliphatic carbocycles. The van der Waals surface area contributed by atoms with E-state index in [9.17, 15) is 14.0 Å². The first-order valence-corrected chi connectivity index (χ1v) is 6.35. The van der Waals surface area contributed by atoms with Gasteiger partial charge >= 0.3 is 0 Å². The molecule has 5 heteroatoms. The maximum absolute atomic E-state index is 13.5. The van der Waals surface area contributed by atoms with Gasteiger partial charge in [0.05, 0.1) is 11.3 Å². The molecule has 0 fully saturated rings. The van der Waals surface area contributed by atoms with Gasteiger partial charge in [-0.25, -0.2) is 8.78 Å². The quantitative estimate of drug-likeness (QED) is 0.712. The van der Waals surface area contributed by atoms with Gasteiger partial charge in [0.25, 0.3) is 6.43 Å². The first-order valence-electron chi connectivity index (χ1n) is 6.35. The number of halogens is 2. The van der Waals surface area contributed by atoms with E-state index >= 15 is 0 Å². The lowest BCUT2D eigenvalue weighted by Crippen LogP contribution is -2.01. The Bertz CT molecular complexity index is 860. The molecule has 21 heavy (non-hydrogen) atoms. The third-order valence-electron chi connectivity index (χ3n) is 3.50. The molecule has 0 unspecified atom stereocenters. The Morgan fingerprint density at radius 1 is 1.24 bits per heavy atom. The molecular weight excluding hydrogens is 272 g/mol. The van der Waals surface area contributed by atoms with E-state index in [0.717, 1.165) is 0 Å². The number of hydrogen-bond acceptors (Lipinski definition) is 2. The van der Waals surface area contributed by atoms with Crippen LogP contribution in [-0.4, -0.2) is 9.78 Å². The molecule has 0 N–H and O–H groups in total. The molecule has 1 aromatic heterocycles. The fraction of sp³-hybridized carbons (Fsp3) is 0.125. The van der Waals surface area contributed by atoms with Gasteiger partial charge in [0.1, 0.15) is 6.07 Å². The van der Waals surface area contributed by atoms with Gasteiger partial charge in [-0.2, -0.15) is 10.4 Å². The van der Waals surface area contributed by atoms with Crippen molar-refractivity contribution in [3.8, 4) is 17.3 Å². The zero-order chi connectivity index (χ0) is 15.0. The zero-order valence-electron chi connectivity index (χ0n) is 11.2. The van der Waals surface area contributed by atoms with Crippen molar-refractivity contribution in [3.05, 3.63) is 53.7 Å². The van der Waals surface area contributed by atoms with Gasteiger partial charge in [-0.15, -0.1) is 0 Å². The summed E-state index contributed by atoms with van der Waals surface area (Å²) >= 11 is 0. The summed E-state index contributed by atoms with van der Waals surface area (Å²) in [7, 11) is 1.67. The normalized spacial score (nSPS) is 11.0. The van der Waals surface area contributed by atoms with Gasteiger partial charge in [0.2, 0.25) is 0 Å². The Hall–Kier alpha value is -2.74. The van der Waals surface area contributed by atoms with Crippen molar-refractivity contribution < 1.29 is 8.78 Å². The van der Waals surface area contributed by atoms with E-state index in [0.29, 0.717) is 16.5 Å². The number of aryl methyl sites for hydroxylation is 1. The number of aromatic nitrogens is 2. The molecule has 0 spiro atoms. The van der Waals surface area contributed by atoms with E-state index in [-0.39, 0.29) is 16.7 Å². The Kier molecular flexibility index (Phi) is 3.15. The lowest BCUT2D eigenvalue weighted by atomic mass is 9.93. The van der Waals surface area contributed by atoms with Crippen LogP contribution in [0.1, 0.15) is 17.6 Å². The summed E-state index contributed by atoms with van der Waals surface area (Å²) in [5, 5.41) is 14.8. The van der Waals surface area contributed by atoms with Crippen molar-refractivity contribution in [1.82, 2.24) is 9.78 Å². The first kappa shape index (κ1) is 13.3. The molecule has 0 saturated heterocycles. The number of fused-ring (bicyclic) bond motifs is 1. The van der Waals surface area contributed by atoms with E-state index in [1.165, 1.54) is 16.9 Å². The van der Waals surface area contributed by atoms with E-state index < -0.39 is 6.43 Å². The standard InChI is InChI=1S/C16H11F2N3/c1-21-14(6-7-20-21)15-12(16(17)18)8-10-4-2-3-5-11(10)13(15)9-19/h2-8,16H,1H3. The van der Waals surface area contributed by atoms with Crippen molar-refractivity contribution in [2.75, 3.05) is 0 Å². The molecule has 3 nitrogen and oxygen atoms in total. The van der Waals surface area contributed by atoms with Crippen molar-refractivity contribution in [2.24, 2.45) is 7.05 Å². The van der Waals surface area contributed by atoms with Gasteiger partial charge < -0.3 is 0 Å². The van der Waals surface area contributed by atoms with Crippen LogP contribution < -0.4 is 0 Å². The third kappa shape index (κ3) is 2.05. The van der Waals surface area contributed by atoms with Gasteiger partial charge in [-0.1, -0.05) is 24.3 Å². The van der Waals surface area contributed by atoms with E-state index in [4.69, 9.17) is 0 Å². The average Bonchev–Trinajstić information content (AvgIpc) is 2.90. The van der Waals surface area contributed by atoms with Crippen LogP contribution in [0.3, 0.4) is 0 Å². The second-order valence-electron chi connectivity index (χ2n) is 4.69. The lowest BCUT2D eigenvalue weighted by Gasteiger charge is -2.14. The molecule has 0 aliphatic rings. The number of nitrogens with zero attached hydrogens (tertiary/aromatic N) is 3. The van der Waals surface area contributed by atoms with Gasteiger partial charge in [0, 0.05) is 29.8 Å². The van der Waals surface area contributed by atoms with Crippen LogP contribution in [0, 0.1) is 11.3 Å². The fourth-order valence-electron chi connectivity index (χ4n) is 2.55. The van der Waals surface area contributed by atoms with Gasteiger partial charge in [-0.05, 0) is 17.5 Å². The van der Waals surface area contributed by atoms with Gasteiger partial charge in [-0.3, -0.25) is 4.68 Å². The fourth-order valence-corrected chi connectivity index (χ4v) is 2.55. The van der Waals surface area contributed by atoms with E-state index in [2.05, 4.69) is 11.2 Å². The monoisotopic (exact) mass is 283 g/mol. The van der Waals surface area contributed by atoms with E-state index in [1.807, 2.05) is 0 Å². The SMILES string of the molecule is Cn1nccc1-c1c(C(F)F)cc2ccccc2c1C#N. The van der Waals surface area contributed by atoms with Crippen LogP contribution >= 0.6 is 0 Å². The zero-order valence-corrected chi connectivity index (χ0v) is 11.2. The number of alkyl halides is 2. The van der Waals surface area contributed by atoms with Crippen molar-refractivity contribution in [2.45, 2.75) is 6.43 Å². The second-order valence-corrected chi connectivity index (χ2v) is 4.69. The maximum atomic E-state index is 13.5. The minimum absolute atomic E-state index is 0.145. The summed E-state index contributed by atoms with van der Waals surface area (Å²) in [6.45, 7) is 0. The molecule has 1 heterocycles. The van der Waals surface area contributed by atoms with Crippen LogP contribution in [0.2, 0.25) is 0 Å². The van der Waals surface area contributed by atoms with E-state index in [1.54, 1.807) is 37.4 Å². The third-order valence-corrected chi connectivity index (χ3v) is 3.50. The lowest BCUT2D eigenvalue weighted by molar-refractivity contribution is 0.152. The molecule has 0 atom stereocenters. The van der Waals surface area contributed by atoms with Crippen LogP contribution in [0.25, 0.3) is 22.0 Å². The second kappa shape index (κ2) is 4.98. The summed E-state index contributed by atoms with van der Waals surface area (Å²) in [5.74, 6) is 0. The van der Waals surface area contributed by atoms with Crippen molar-refractivity contribution in [3.63, 3.8) is 0 Å². The largest absolute Gasteiger partial charge is 0.268 e. The summed E-state index contributed by atoms with van der Waals surface area (Å²) in [6.07, 6.45) is -1.13. The minimum atomic E-state index is -2.66. The highest BCUT2D eigenvalue weighted by Crippen LogP contribution is 2.37. The summed E-state index contributed by atoms with van der Waals surface area (Å²) < 4.78 is 28.4. The van der Waals surface area contributed by atoms with Crippen LogP contribution in [0.15, 0.2) is 42.6 Å². The molecular formula is C16H11F2N3. The summed E-state index contributed by atoms with van der Waals surface area (Å²) in [5.41, 5.74) is 0.875. The number of nitriles is 1. The Morgan fingerprint density at radius 3 is 2.62 bits per heavy atom. The molecule has 0 aliphatic heterocycles. The Balaban J connectivity index is 2.49. The van der Waals surface area contributed by atoms with Gasteiger partial charge in [0.15, 0.2) is 0 Å². The molecule has 104 valence electrons. The highest BCUT2D eigenvalue weighted by molar-refractivity contribution is 5.95. The average molecular weight is 283 g/mol. The predicted molar refractivity (Wildman–Crippen MR) is 75.8 cm³/mol. The van der Waals surface area contributed by atoms with Crippen LogP contribution in [0.5, 0.6) is 0 Å². The maximum Gasteiger partial charge on any atom is 0.264 e. The van der Waals surface area contributed by atoms with Crippen molar-refractivity contribution in [1.29, 1.82) is 5.26 Å². The number of benzene rings is 2. The molecule has 0 bridgehead atoms. The number of hydrogen-bond donors (Lipinski definition) is 0. The minimum Gasteiger partial charge on any atom is -0.268 e. The molecule has 3 rings (SSSR count). The number of rotatable bonds is 2. The summed E-state index contributed by atoms with van der Waals surface area (Å²) in [4.78, 5) is 0. The molecule has 0 amide bonds. The van der Waals surface area contributed by atoms with Crippen molar-refractivity contribution >= 4 is 10.8 Å². The topological polar surface area (TPSA) is 41.6 Å². The van der Waals surface area contributed by atoms with Crippen LogP contribution in [-0.2, 0) is 7.05 Å². The first-order chi connectivity index (χ1) is 10.1. The highest BCUT2D eigenvalue weighted by Gasteiger charge is 2.22. The Morgan fingerprint density at radius 2 is 2.00 bits per heavy atom. The molecule has 0 radical (unpaired) electrons. The highest BCUT2D eigenvalue weighted by atomic mass is 19.3.